The minimum Gasteiger partial charge on any atom is -0.396 e. The highest BCUT2D eigenvalue weighted by atomic mass is 16.2. The average molecular weight is 270 g/mol. The van der Waals surface area contributed by atoms with E-state index in [0.29, 0.717) is 18.1 Å². The lowest BCUT2D eigenvalue weighted by molar-refractivity contribution is 0.134. The molecule has 2 N–H and O–H groups in total. The number of likely N-dealkylation sites (tertiary alicyclic amines) is 1. The van der Waals surface area contributed by atoms with Crippen LogP contribution in [0.1, 0.15) is 59.3 Å². The van der Waals surface area contributed by atoms with Crippen LogP contribution in [0.5, 0.6) is 0 Å². The fourth-order valence-electron chi connectivity index (χ4n) is 3.11. The maximum Gasteiger partial charge on any atom is 0.0431 e. The van der Waals surface area contributed by atoms with Crippen molar-refractivity contribution in [1.29, 1.82) is 0 Å². The van der Waals surface area contributed by atoms with Crippen molar-refractivity contribution in [2.45, 2.75) is 65.3 Å². The van der Waals surface area contributed by atoms with Gasteiger partial charge in [0.25, 0.3) is 0 Å². The molecule has 1 saturated heterocycles. The van der Waals surface area contributed by atoms with Gasteiger partial charge in [0.15, 0.2) is 0 Å². The molecule has 0 saturated carbocycles. The van der Waals surface area contributed by atoms with Crippen molar-refractivity contribution in [3.8, 4) is 0 Å². The van der Waals surface area contributed by atoms with Crippen molar-refractivity contribution in [3.05, 3.63) is 0 Å². The maximum atomic E-state index is 9.01. The standard InChI is InChI=1S/C16H34N2O/c1-4-10-17-13-16(3,5-2)14-18-11-6-8-15(18)9-7-12-19/h15,17,19H,4-14H2,1-3H3. The van der Waals surface area contributed by atoms with Crippen LogP contribution in [-0.2, 0) is 0 Å². The van der Waals surface area contributed by atoms with Gasteiger partial charge in [-0.15, -0.1) is 0 Å². The van der Waals surface area contributed by atoms with E-state index in [1.54, 1.807) is 0 Å². The minimum absolute atomic E-state index is 0.341. The van der Waals surface area contributed by atoms with Crippen LogP contribution < -0.4 is 5.32 Å². The quantitative estimate of drug-likeness (QED) is 0.599. The molecule has 1 rings (SSSR count). The van der Waals surface area contributed by atoms with Crippen LogP contribution >= 0.6 is 0 Å². The molecule has 1 fully saturated rings. The van der Waals surface area contributed by atoms with E-state index in [2.05, 4.69) is 31.0 Å². The zero-order valence-corrected chi connectivity index (χ0v) is 13.2. The number of hydrogen-bond donors (Lipinski definition) is 2. The van der Waals surface area contributed by atoms with Gasteiger partial charge in [-0.2, -0.15) is 0 Å². The Balaban J connectivity index is 2.43. The van der Waals surface area contributed by atoms with Crippen molar-refractivity contribution >= 4 is 0 Å². The second kappa shape index (κ2) is 8.93. The van der Waals surface area contributed by atoms with E-state index in [-0.39, 0.29) is 0 Å². The van der Waals surface area contributed by atoms with Gasteiger partial charge < -0.3 is 10.4 Å². The molecule has 0 aromatic heterocycles. The molecule has 1 aliphatic heterocycles. The van der Waals surface area contributed by atoms with Gasteiger partial charge in [-0.05, 0) is 57.0 Å². The first-order valence-corrected chi connectivity index (χ1v) is 8.21. The molecule has 0 radical (unpaired) electrons. The summed E-state index contributed by atoms with van der Waals surface area (Å²) in [4.78, 5) is 2.67. The van der Waals surface area contributed by atoms with E-state index in [1.165, 1.54) is 45.2 Å². The van der Waals surface area contributed by atoms with E-state index >= 15 is 0 Å². The molecule has 2 unspecified atom stereocenters. The Morgan fingerprint density at radius 3 is 2.79 bits per heavy atom. The Labute approximate surface area is 119 Å². The number of aliphatic hydroxyl groups excluding tert-OH is 1. The summed E-state index contributed by atoms with van der Waals surface area (Å²) >= 11 is 0. The van der Waals surface area contributed by atoms with Gasteiger partial charge in [0.1, 0.15) is 0 Å². The van der Waals surface area contributed by atoms with Gasteiger partial charge in [0.05, 0.1) is 0 Å². The summed E-state index contributed by atoms with van der Waals surface area (Å²) < 4.78 is 0. The highest BCUT2D eigenvalue weighted by Gasteiger charge is 2.31. The second-order valence-electron chi connectivity index (χ2n) is 6.47. The molecule has 2 atom stereocenters. The first kappa shape index (κ1) is 16.9. The molecular weight excluding hydrogens is 236 g/mol. The lowest BCUT2D eigenvalue weighted by Crippen LogP contribution is -2.44. The average Bonchev–Trinajstić information content (AvgIpc) is 2.83. The molecule has 0 bridgehead atoms. The highest BCUT2D eigenvalue weighted by molar-refractivity contribution is 4.86. The van der Waals surface area contributed by atoms with Crippen LogP contribution in [0.25, 0.3) is 0 Å². The topological polar surface area (TPSA) is 35.5 Å². The van der Waals surface area contributed by atoms with Gasteiger partial charge in [-0.1, -0.05) is 20.8 Å². The van der Waals surface area contributed by atoms with Crippen molar-refractivity contribution in [2.75, 3.05) is 32.8 Å². The van der Waals surface area contributed by atoms with Crippen LogP contribution in [0.15, 0.2) is 0 Å². The summed E-state index contributed by atoms with van der Waals surface area (Å²) in [7, 11) is 0. The number of rotatable bonds is 10. The van der Waals surface area contributed by atoms with Gasteiger partial charge >= 0.3 is 0 Å². The largest absolute Gasteiger partial charge is 0.396 e. The van der Waals surface area contributed by atoms with Gasteiger partial charge in [0, 0.05) is 25.7 Å². The molecule has 114 valence electrons. The molecule has 1 heterocycles. The van der Waals surface area contributed by atoms with E-state index in [4.69, 9.17) is 5.11 Å². The minimum atomic E-state index is 0.341. The summed E-state index contributed by atoms with van der Waals surface area (Å²) in [5.74, 6) is 0. The van der Waals surface area contributed by atoms with E-state index in [0.717, 1.165) is 19.5 Å². The lowest BCUT2D eigenvalue weighted by Gasteiger charge is -2.36. The van der Waals surface area contributed by atoms with Crippen molar-refractivity contribution in [1.82, 2.24) is 10.2 Å². The third kappa shape index (κ3) is 5.80. The zero-order valence-electron chi connectivity index (χ0n) is 13.2. The predicted molar refractivity (Wildman–Crippen MR) is 82.5 cm³/mol. The van der Waals surface area contributed by atoms with E-state index in [1.807, 2.05) is 0 Å². The Hall–Kier alpha value is -0.120. The van der Waals surface area contributed by atoms with E-state index in [9.17, 15) is 0 Å². The first-order chi connectivity index (χ1) is 9.15. The normalized spacial score (nSPS) is 23.7. The number of nitrogens with one attached hydrogen (secondary N) is 1. The molecule has 3 nitrogen and oxygen atoms in total. The smallest absolute Gasteiger partial charge is 0.0431 e. The summed E-state index contributed by atoms with van der Waals surface area (Å²) in [5.41, 5.74) is 0.386. The fraction of sp³-hybridized carbons (Fsp3) is 1.00. The van der Waals surface area contributed by atoms with Crippen molar-refractivity contribution < 1.29 is 5.11 Å². The van der Waals surface area contributed by atoms with Crippen LogP contribution in [0, 0.1) is 5.41 Å². The molecule has 0 spiro atoms. The van der Waals surface area contributed by atoms with E-state index < -0.39 is 0 Å². The Bertz CT molecular complexity index is 235. The second-order valence-corrected chi connectivity index (χ2v) is 6.47. The molecule has 1 aliphatic rings. The fourth-order valence-corrected chi connectivity index (χ4v) is 3.11. The Morgan fingerprint density at radius 2 is 2.16 bits per heavy atom. The van der Waals surface area contributed by atoms with Crippen LogP contribution in [0.4, 0.5) is 0 Å². The SMILES string of the molecule is CCCNCC(C)(CC)CN1CCCC1CCCO. The third-order valence-electron chi connectivity index (χ3n) is 4.61. The summed E-state index contributed by atoms with van der Waals surface area (Å²) in [6.45, 7) is 12.0. The summed E-state index contributed by atoms with van der Waals surface area (Å²) in [6, 6.07) is 0.712. The molecule has 0 aromatic carbocycles. The molecular formula is C16H34N2O. The maximum absolute atomic E-state index is 9.01. The predicted octanol–water partition coefficient (Wildman–Crippen LogP) is 2.64. The zero-order chi connectivity index (χ0) is 14.1. The van der Waals surface area contributed by atoms with Gasteiger partial charge in [-0.3, -0.25) is 4.90 Å². The van der Waals surface area contributed by atoms with Crippen molar-refractivity contribution in [2.24, 2.45) is 5.41 Å². The van der Waals surface area contributed by atoms with Gasteiger partial charge in [-0.25, -0.2) is 0 Å². The Kier molecular flexibility index (Phi) is 7.96. The Morgan fingerprint density at radius 1 is 1.37 bits per heavy atom. The molecule has 19 heavy (non-hydrogen) atoms. The monoisotopic (exact) mass is 270 g/mol. The molecule has 0 aromatic rings. The van der Waals surface area contributed by atoms with Crippen LogP contribution in [0.3, 0.4) is 0 Å². The van der Waals surface area contributed by atoms with Crippen LogP contribution in [-0.4, -0.2) is 48.8 Å². The molecule has 0 aliphatic carbocycles. The summed E-state index contributed by atoms with van der Waals surface area (Å²) in [6.07, 6.45) is 7.22. The van der Waals surface area contributed by atoms with Crippen molar-refractivity contribution in [3.63, 3.8) is 0 Å². The number of nitrogens with zero attached hydrogens (tertiary/aromatic N) is 1. The summed E-state index contributed by atoms with van der Waals surface area (Å²) in [5, 5.41) is 12.6. The number of hydrogen-bond acceptors (Lipinski definition) is 3. The third-order valence-corrected chi connectivity index (χ3v) is 4.61. The molecule has 3 heteroatoms. The lowest BCUT2D eigenvalue weighted by atomic mass is 9.86. The highest BCUT2D eigenvalue weighted by Crippen LogP contribution is 2.28. The number of aliphatic hydroxyl groups is 1. The molecule has 0 amide bonds. The van der Waals surface area contributed by atoms with Gasteiger partial charge in [0.2, 0.25) is 0 Å². The first-order valence-electron chi connectivity index (χ1n) is 8.21. The van der Waals surface area contributed by atoms with Crippen LogP contribution in [0.2, 0.25) is 0 Å².